The van der Waals surface area contributed by atoms with Crippen molar-refractivity contribution >= 4 is 63.8 Å². The maximum atomic E-state index is 12.4. The molecule has 2 aromatic rings. The normalized spacial score (nSPS) is 10.7. The first-order valence-corrected chi connectivity index (χ1v) is 10.3. The van der Waals surface area contributed by atoms with Crippen molar-refractivity contribution in [2.24, 2.45) is 0 Å². The smallest absolute Gasteiger partial charge is 0.338 e. The number of anilines is 2. The van der Waals surface area contributed by atoms with Crippen LogP contribution in [0.4, 0.5) is 11.4 Å². The molecule has 9 heteroatoms. The number of hydrogen-bond acceptors (Lipinski definition) is 5. The van der Waals surface area contributed by atoms with Crippen molar-refractivity contribution in [1.29, 1.82) is 0 Å². The Kier molecular flexibility index (Phi) is 8.46. The average molecular weight is 469 g/mol. The highest BCUT2D eigenvalue weighted by atomic mass is 35.5. The summed E-state index contributed by atoms with van der Waals surface area (Å²) in [6.45, 7) is 6.96. The van der Waals surface area contributed by atoms with Gasteiger partial charge >= 0.3 is 11.9 Å². The minimum Gasteiger partial charge on any atom is -0.459 e. The summed E-state index contributed by atoms with van der Waals surface area (Å²) >= 11 is 17.4. The number of esters is 2. The maximum Gasteiger partial charge on any atom is 0.338 e. The molecule has 0 atom stereocenters. The van der Waals surface area contributed by atoms with Crippen LogP contribution in [0.3, 0.4) is 0 Å². The number of rotatable bonds is 6. The van der Waals surface area contributed by atoms with E-state index < -0.39 is 11.9 Å². The fourth-order valence-corrected chi connectivity index (χ4v) is 3.06. The number of carbonyl (C=O) groups excluding carboxylic acids is 2. The van der Waals surface area contributed by atoms with E-state index in [4.69, 9.17) is 44.9 Å². The summed E-state index contributed by atoms with van der Waals surface area (Å²) in [5, 5.41) is 6.98. The van der Waals surface area contributed by atoms with Crippen LogP contribution in [-0.4, -0.2) is 29.3 Å². The monoisotopic (exact) mass is 468 g/mol. The molecule has 0 heterocycles. The Hall–Kier alpha value is -2.35. The van der Waals surface area contributed by atoms with Gasteiger partial charge in [-0.25, -0.2) is 9.59 Å². The molecule has 0 saturated carbocycles. The van der Waals surface area contributed by atoms with Crippen LogP contribution in [0.2, 0.25) is 10.0 Å². The zero-order chi connectivity index (χ0) is 22.4. The van der Waals surface area contributed by atoms with Gasteiger partial charge in [-0.2, -0.15) is 0 Å². The van der Waals surface area contributed by atoms with E-state index in [1.54, 1.807) is 45.9 Å². The third-order valence-electron chi connectivity index (χ3n) is 3.53. The van der Waals surface area contributed by atoms with Gasteiger partial charge in [0.05, 0.1) is 34.0 Å². The standard InChI is InChI=1S/C21H22Cl2N2O4S/c1-11(2)28-19(26)13-7-14(20(27)29-12(3)4)9-16(8-13)24-21(30)25-18-6-5-15(22)10-17(18)23/h5-12H,1-4H3,(H2,24,25,30). The van der Waals surface area contributed by atoms with Crippen molar-refractivity contribution in [3.05, 3.63) is 57.6 Å². The first-order chi connectivity index (χ1) is 14.0. The van der Waals surface area contributed by atoms with E-state index >= 15 is 0 Å². The average Bonchev–Trinajstić information content (AvgIpc) is 2.62. The number of nitrogens with one attached hydrogen (secondary N) is 2. The molecule has 160 valence electrons. The molecule has 6 nitrogen and oxygen atoms in total. The Morgan fingerprint density at radius 2 is 1.40 bits per heavy atom. The van der Waals surface area contributed by atoms with Gasteiger partial charge < -0.3 is 20.1 Å². The lowest BCUT2D eigenvalue weighted by molar-refractivity contribution is 0.0377. The molecule has 2 aromatic carbocycles. The Balaban J connectivity index is 2.28. The van der Waals surface area contributed by atoms with Crippen molar-refractivity contribution in [3.63, 3.8) is 0 Å². The van der Waals surface area contributed by atoms with Gasteiger partial charge in [0.15, 0.2) is 5.11 Å². The first kappa shape index (κ1) is 23.9. The summed E-state index contributed by atoms with van der Waals surface area (Å²) in [4.78, 5) is 24.8. The lowest BCUT2D eigenvalue weighted by Crippen LogP contribution is -2.21. The highest BCUT2D eigenvalue weighted by molar-refractivity contribution is 7.80. The number of halogens is 2. The van der Waals surface area contributed by atoms with E-state index in [9.17, 15) is 9.59 Å². The Morgan fingerprint density at radius 3 is 1.87 bits per heavy atom. The summed E-state index contributed by atoms with van der Waals surface area (Å²) in [7, 11) is 0. The molecule has 0 aliphatic carbocycles. The predicted octanol–water partition coefficient (Wildman–Crippen LogP) is 5.93. The second kappa shape index (κ2) is 10.6. The molecule has 0 unspecified atom stereocenters. The molecule has 2 rings (SSSR count). The van der Waals surface area contributed by atoms with Crippen molar-refractivity contribution in [3.8, 4) is 0 Å². The lowest BCUT2D eigenvalue weighted by Gasteiger charge is -2.15. The van der Waals surface area contributed by atoms with E-state index in [0.29, 0.717) is 21.4 Å². The van der Waals surface area contributed by atoms with Crippen LogP contribution >= 0.6 is 35.4 Å². The number of benzene rings is 2. The lowest BCUT2D eigenvalue weighted by atomic mass is 10.1. The van der Waals surface area contributed by atoms with Crippen LogP contribution in [0, 0.1) is 0 Å². The van der Waals surface area contributed by atoms with Crippen LogP contribution in [-0.2, 0) is 9.47 Å². The van der Waals surface area contributed by atoms with E-state index in [1.165, 1.54) is 18.2 Å². The number of ether oxygens (including phenoxy) is 2. The topological polar surface area (TPSA) is 76.7 Å². The summed E-state index contributed by atoms with van der Waals surface area (Å²) in [6, 6.07) is 9.42. The van der Waals surface area contributed by atoms with Gasteiger partial charge in [-0.15, -0.1) is 0 Å². The minimum atomic E-state index is -0.563. The zero-order valence-corrected chi connectivity index (χ0v) is 19.2. The molecule has 0 aromatic heterocycles. The Labute approximate surface area is 190 Å². The third-order valence-corrected chi connectivity index (χ3v) is 4.28. The van der Waals surface area contributed by atoms with Crippen molar-refractivity contribution in [2.75, 3.05) is 10.6 Å². The highest BCUT2D eigenvalue weighted by Crippen LogP contribution is 2.26. The summed E-state index contributed by atoms with van der Waals surface area (Å²) in [5.41, 5.74) is 1.34. The first-order valence-electron chi connectivity index (χ1n) is 9.15. The van der Waals surface area contributed by atoms with E-state index in [0.717, 1.165) is 0 Å². The second-order valence-electron chi connectivity index (χ2n) is 6.91. The molecule has 2 N–H and O–H groups in total. The van der Waals surface area contributed by atoms with Gasteiger partial charge in [-0.05, 0) is 76.3 Å². The molecule has 0 radical (unpaired) electrons. The van der Waals surface area contributed by atoms with Crippen molar-refractivity contribution in [2.45, 2.75) is 39.9 Å². The van der Waals surface area contributed by atoms with Gasteiger partial charge in [-0.3, -0.25) is 0 Å². The molecular weight excluding hydrogens is 447 g/mol. The van der Waals surface area contributed by atoms with Gasteiger partial charge in [0.25, 0.3) is 0 Å². The van der Waals surface area contributed by atoms with Crippen LogP contribution in [0.5, 0.6) is 0 Å². The fourth-order valence-electron chi connectivity index (χ4n) is 2.38. The summed E-state index contributed by atoms with van der Waals surface area (Å²) in [6.07, 6.45) is -0.620. The van der Waals surface area contributed by atoms with E-state index in [1.807, 2.05) is 0 Å². The second-order valence-corrected chi connectivity index (χ2v) is 8.16. The van der Waals surface area contributed by atoms with Gasteiger partial charge in [0.1, 0.15) is 0 Å². The number of thiocarbonyl (C=S) groups is 1. The largest absolute Gasteiger partial charge is 0.459 e. The van der Waals surface area contributed by atoms with Crippen LogP contribution in [0.1, 0.15) is 48.4 Å². The minimum absolute atomic E-state index is 0.191. The molecule has 0 saturated heterocycles. The molecule has 0 fully saturated rings. The van der Waals surface area contributed by atoms with E-state index in [2.05, 4.69) is 10.6 Å². The van der Waals surface area contributed by atoms with Gasteiger partial charge in [-0.1, -0.05) is 23.2 Å². The van der Waals surface area contributed by atoms with Crippen LogP contribution in [0.25, 0.3) is 0 Å². The molecule has 30 heavy (non-hydrogen) atoms. The highest BCUT2D eigenvalue weighted by Gasteiger charge is 2.17. The Morgan fingerprint density at radius 1 is 0.867 bits per heavy atom. The third kappa shape index (κ3) is 7.16. The van der Waals surface area contributed by atoms with Crippen molar-refractivity contribution < 1.29 is 19.1 Å². The molecule has 0 aliphatic heterocycles. The number of hydrogen-bond donors (Lipinski definition) is 2. The number of carbonyl (C=O) groups is 2. The molecule has 0 spiro atoms. The molecule has 0 bridgehead atoms. The van der Waals surface area contributed by atoms with Crippen LogP contribution in [0.15, 0.2) is 36.4 Å². The Bertz CT molecular complexity index is 924. The molecule has 0 amide bonds. The van der Waals surface area contributed by atoms with Gasteiger partial charge in [0.2, 0.25) is 0 Å². The van der Waals surface area contributed by atoms with E-state index in [-0.39, 0.29) is 28.4 Å². The SMILES string of the molecule is CC(C)OC(=O)c1cc(NC(=S)Nc2ccc(Cl)cc2Cl)cc(C(=O)OC(C)C)c1. The predicted molar refractivity (Wildman–Crippen MR) is 124 cm³/mol. The maximum absolute atomic E-state index is 12.4. The quantitative estimate of drug-likeness (QED) is 0.401. The zero-order valence-electron chi connectivity index (χ0n) is 16.9. The van der Waals surface area contributed by atoms with Crippen LogP contribution < -0.4 is 10.6 Å². The fraction of sp³-hybridized carbons (Fsp3) is 0.286. The molecular formula is C21H22Cl2N2O4S. The van der Waals surface area contributed by atoms with Gasteiger partial charge in [0, 0.05) is 10.7 Å². The summed E-state index contributed by atoms with van der Waals surface area (Å²) in [5.74, 6) is -1.13. The van der Waals surface area contributed by atoms with Crippen molar-refractivity contribution in [1.82, 2.24) is 0 Å². The summed E-state index contributed by atoms with van der Waals surface area (Å²) < 4.78 is 10.5. The molecule has 0 aliphatic rings.